The predicted molar refractivity (Wildman–Crippen MR) is 117 cm³/mol. The Morgan fingerprint density at radius 1 is 1.07 bits per heavy atom. The van der Waals surface area contributed by atoms with Crippen molar-refractivity contribution in [1.29, 1.82) is 0 Å². The number of piperazine rings is 1. The Balaban J connectivity index is 1.18. The van der Waals surface area contributed by atoms with Gasteiger partial charge in [0.1, 0.15) is 0 Å². The summed E-state index contributed by atoms with van der Waals surface area (Å²) in [5, 5.41) is 6.62. The maximum absolute atomic E-state index is 12.7. The standard InChI is InChI=1S/C21H20N6O2S/c28-18-13-15-12-16(6-7-17(15)23-18)22-20(29)26-8-10-27(11-9-26)21-24-19(25-30-21)14-4-2-1-3-5-14/h1-7,12H,8-11,13H2,(H,22,29)(H,23,28). The van der Waals surface area contributed by atoms with Crippen LogP contribution in [0.3, 0.4) is 0 Å². The molecule has 0 spiro atoms. The topological polar surface area (TPSA) is 90.5 Å². The number of carbonyl (C=O) groups excluding carboxylic acids is 2. The molecule has 0 unspecified atom stereocenters. The summed E-state index contributed by atoms with van der Waals surface area (Å²) in [6.45, 7) is 2.63. The number of nitrogens with one attached hydrogen (secondary N) is 2. The summed E-state index contributed by atoms with van der Waals surface area (Å²) in [7, 11) is 0. The van der Waals surface area contributed by atoms with E-state index in [4.69, 9.17) is 0 Å². The van der Waals surface area contributed by atoms with Crippen molar-refractivity contribution in [3.8, 4) is 11.4 Å². The molecule has 30 heavy (non-hydrogen) atoms. The number of benzene rings is 2. The van der Waals surface area contributed by atoms with Gasteiger partial charge in [0.05, 0.1) is 6.42 Å². The fraction of sp³-hybridized carbons (Fsp3) is 0.238. The van der Waals surface area contributed by atoms with Crippen molar-refractivity contribution < 1.29 is 9.59 Å². The molecule has 0 radical (unpaired) electrons. The van der Waals surface area contributed by atoms with Crippen molar-refractivity contribution in [2.75, 3.05) is 41.7 Å². The third-order valence-electron chi connectivity index (χ3n) is 5.27. The highest BCUT2D eigenvalue weighted by Crippen LogP contribution is 2.27. The molecule has 8 nitrogen and oxygen atoms in total. The van der Waals surface area contributed by atoms with E-state index in [0.29, 0.717) is 38.3 Å². The molecule has 0 atom stereocenters. The van der Waals surface area contributed by atoms with Crippen molar-refractivity contribution in [1.82, 2.24) is 14.3 Å². The Morgan fingerprint density at radius 2 is 1.87 bits per heavy atom. The molecule has 3 amide bonds. The number of fused-ring (bicyclic) bond motifs is 1. The zero-order valence-electron chi connectivity index (χ0n) is 16.2. The highest BCUT2D eigenvalue weighted by atomic mass is 32.1. The lowest BCUT2D eigenvalue weighted by Gasteiger charge is -2.34. The van der Waals surface area contributed by atoms with Gasteiger partial charge in [-0.05, 0) is 23.8 Å². The van der Waals surface area contributed by atoms with E-state index in [-0.39, 0.29) is 11.9 Å². The zero-order chi connectivity index (χ0) is 20.5. The molecule has 5 rings (SSSR count). The molecular formula is C21H20N6O2S. The summed E-state index contributed by atoms with van der Waals surface area (Å²) >= 11 is 1.39. The molecule has 1 aromatic heterocycles. The van der Waals surface area contributed by atoms with Gasteiger partial charge in [-0.15, -0.1) is 0 Å². The van der Waals surface area contributed by atoms with Crippen LogP contribution in [-0.4, -0.2) is 52.4 Å². The number of anilines is 3. The van der Waals surface area contributed by atoms with E-state index < -0.39 is 0 Å². The van der Waals surface area contributed by atoms with Crippen LogP contribution < -0.4 is 15.5 Å². The van der Waals surface area contributed by atoms with E-state index in [0.717, 1.165) is 27.8 Å². The number of urea groups is 1. The minimum Gasteiger partial charge on any atom is -0.343 e. The number of carbonyl (C=O) groups is 2. The van der Waals surface area contributed by atoms with Gasteiger partial charge in [-0.1, -0.05) is 30.3 Å². The van der Waals surface area contributed by atoms with E-state index in [9.17, 15) is 9.59 Å². The molecule has 152 valence electrons. The van der Waals surface area contributed by atoms with Gasteiger partial charge in [-0.2, -0.15) is 9.36 Å². The molecule has 1 saturated heterocycles. The smallest absolute Gasteiger partial charge is 0.321 e. The maximum Gasteiger partial charge on any atom is 0.321 e. The molecule has 3 heterocycles. The molecule has 9 heteroatoms. The molecule has 3 aromatic rings. The van der Waals surface area contributed by atoms with Crippen molar-refractivity contribution >= 4 is 40.0 Å². The fourth-order valence-corrected chi connectivity index (χ4v) is 4.40. The van der Waals surface area contributed by atoms with Gasteiger partial charge in [0.15, 0.2) is 5.82 Å². The largest absolute Gasteiger partial charge is 0.343 e. The summed E-state index contributed by atoms with van der Waals surface area (Å²) < 4.78 is 4.47. The molecule has 2 aromatic carbocycles. The van der Waals surface area contributed by atoms with Crippen LogP contribution in [0.5, 0.6) is 0 Å². The summed E-state index contributed by atoms with van der Waals surface area (Å²) in [4.78, 5) is 32.8. The second-order valence-corrected chi connectivity index (χ2v) is 8.00. The number of rotatable bonds is 3. The minimum absolute atomic E-state index is 0.0169. The lowest BCUT2D eigenvalue weighted by Crippen LogP contribution is -2.50. The molecule has 2 aliphatic heterocycles. The number of hydrogen-bond donors (Lipinski definition) is 2. The van der Waals surface area contributed by atoms with Crippen LogP contribution in [0, 0.1) is 0 Å². The van der Waals surface area contributed by atoms with Crippen LogP contribution in [0.15, 0.2) is 48.5 Å². The second kappa shape index (κ2) is 7.75. The molecule has 0 saturated carbocycles. The lowest BCUT2D eigenvalue weighted by atomic mass is 10.1. The van der Waals surface area contributed by atoms with Crippen molar-refractivity contribution in [2.24, 2.45) is 0 Å². The third kappa shape index (κ3) is 3.71. The summed E-state index contributed by atoms with van der Waals surface area (Å²) in [6, 6.07) is 15.3. The van der Waals surface area contributed by atoms with Crippen LogP contribution in [0.4, 0.5) is 21.3 Å². The Labute approximate surface area is 177 Å². The predicted octanol–water partition coefficient (Wildman–Crippen LogP) is 3.05. The maximum atomic E-state index is 12.7. The fourth-order valence-electron chi connectivity index (χ4n) is 3.66. The quantitative estimate of drug-likeness (QED) is 0.680. The van der Waals surface area contributed by atoms with Crippen LogP contribution in [0.1, 0.15) is 5.56 Å². The van der Waals surface area contributed by atoms with Crippen molar-refractivity contribution in [2.45, 2.75) is 6.42 Å². The van der Waals surface area contributed by atoms with Gasteiger partial charge in [0.25, 0.3) is 0 Å². The first-order valence-electron chi connectivity index (χ1n) is 9.78. The summed E-state index contributed by atoms with van der Waals surface area (Å²) in [6.07, 6.45) is 0.352. The Bertz CT molecular complexity index is 1090. The average Bonchev–Trinajstić information content (AvgIpc) is 3.40. The molecule has 1 fully saturated rings. The Hall–Kier alpha value is -3.46. The normalized spacial score (nSPS) is 15.7. The monoisotopic (exact) mass is 420 g/mol. The zero-order valence-corrected chi connectivity index (χ0v) is 17.0. The van der Waals surface area contributed by atoms with Crippen LogP contribution >= 0.6 is 11.5 Å². The van der Waals surface area contributed by atoms with E-state index in [2.05, 4.69) is 24.9 Å². The average molecular weight is 420 g/mol. The number of aromatic nitrogens is 2. The molecule has 2 aliphatic rings. The first-order chi connectivity index (χ1) is 14.7. The Kier molecular flexibility index (Phi) is 4.80. The van der Waals surface area contributed by atoms with E-state index in [1.54, 1.807) is 4.90 Å². The molecule has 2 N–H and O–H groups in total. The van der Waals surface area contributed by atoms with Gasteiger partial charge in [0.2, 0.25) is 11.0 Å². The van der Waals surface area contributed by atoms with Crippen LogP contribution in [0.2, 0.25) is 0 Å². The first-order valence-corrected chi connectivity index (χ1v) is 10.6. The number of amides is 3. The van der Waals surface area contributed by atoms with Crippen molar-refractivity contribution in [3.05, 3.63) is 54.1 Å². The van der Waals surface area contributed by atoms with Gasteiger partial charge < -0.3 is 20.4 Å². The lowest BCUT2D eigenvalue weighted by molar-refractivity contribution is -0.115. The summed E-state index contributed by atoms with van der Waals surface area (Å²) in [5.41, 5.74) is 3.44. The van der Waals surface area contributed by atoms with Gasteiger partial charge in [-0.25, -0.2) is 4.79 Å². The van der Waals surface area contributed by atoms with Crippen molar-refractivity contribution in [3.63, 3.8) is 0 Å². The second-order valence-electron chi connectivity index (χ2n) is 7.27. The Morgan fingerprint density at radius 3 is 2.67 bits per heavy atom. The SMILES string of the molecule is O=C1Cc2cc(NC(=O)N3CCN(c4nc(-c5ccccc5)ns4)CC3)ccc2N1. The van der Waals surface area contributed by atoms with E-state index in [1.807, 2.05) is 48.5 Å². The van der Waals surface area contributed by atoms with Gasteiger partial charge in [-0.3, -0.25) is 4.79 Å². The highest BCUT2D eigenvalue weighted by Gasteiger charge is 2.24. The molecular weight excluding hydrogens is 400 g/mol. The van der Waals surface area contributed by atoms with Gasteiger partial charge in [0, 0.05) is 54.6 Å². The number of nitrogens with zero attached hydrogens (tertiary/aromatic N) is 4. The van der Waals surface area contributed by atoms with E-state index in [1.165, 1.54) is 11.5 Å². The molecule has 0 aliphatic carbocycles. The van der Waals surface area contributed by atoms with Crippen LogP contribution in [0.25, 0.3) is 11.4 Å². The van der Waals surface area contributed by atoms with Gasteiger partial charge >= 0.3 is 6.03 Å². The number of hydrogen-bond acceptors (Lipinski definition) is 6. The third-order valence-corrected chi connectivity index (χ3v) is 6.04. The molecule has 0 bridgehead atoms. The van der Waals surface area contributed by atoms with Crippen LogP contribution in [-0.2, 0) is 11.2 Å². The summed E-state index contributed by atoms with van der Waals surface area (Å²) in [5.74, 6) is 0.719. The van der Waals surface area contributed by atoms with E-state index >= 15 is 0 Å². The first kappa shape index (κ1) is 18.6. The highest BCUT2D eigenvalue weighted by molar-refractivity contribution is 7.09. The minimum atomic E-state index is -0.130.